The number of nitrogens with one attached hydrogen (secondary N) is 1. The van der Waals surface area contributed by atoms with Crippen LogP contribution in [0.2, 0.25) is 0 Å². The van der Waals surface area contributed by atoms with Crippen molar-refractivity contribution >= 4 is 21.6 Å². The highest BCUT2D eigenvalue weighted by molar-refractivity contribution is 7.92. The van der Waals surface area contributed by atoms with Crippen molar-refractivity contribution in [3.8, 4) is 0 Å². The van der Waals surface area contributed by atoms with E-state index in [1.165, 1.54) is 0 Å². The summed E-state index contributed by atoms with van der Waals surface area (Å²) in [5, 5.41) is 10.0. The topological polar surface area (TPSA) is 90.0 Å². The quantitative estimate of drug-likeness (QED) is 0.428. The zero-order valence-corrected chi connectivity index (χ0v) is 23.3. The van der Waals surface area contributed by atoms with Crippen LogP contribution in [-0.4, -0.2) is 62.0 Å². The lowest BCUT2D eigenvalue weighted by Gasteiger charge is -2.32. The summed E-state index contributed by atoms with van der Waals surface area (Å²) in [6.45, 7) is 7.52. The number of aryl methyl sites for hydroxylation is 3. The van der Waals surface area contributed by atoms with Gasteiger partial charge in [0, 0.05) is 26.7 Å². The van der Waals surface area contributed by atoms with Gasteiger partial charge in [-0.3, -0.25) is 14.4 Å². The maximum atomic E-state index is 13.6. The number of hydrogen-bond acceptors (Lipinski definition) is 5. The van der Waals surface area contributed by atoms with Crippen molar-refractivity contribution in [2.75, 3.05) is 31.4 Å². The normalized spacial score (nSPS) is 16.8. The van der Waals surface area contributed by atoms with Crippen molar-refractivity contribution in [2.24, 2.45) is 0 Å². The van der Waals surface area contributed by atoms with Gasteiger partial charge in [0.25, 0.3) is 10.0 Å². The van der Waals surface area contributed by atoms with Gasteiger partial charge >= 0.3 is 0 Å². The molecule has 7 nitrogen and oxygen atoms in total. The Morgan fingerprint density at radius 2 is 1.68 bits per heavy atom. The number of aliphatic hydroxyl groups excluding tert-OH is 1. The van der Waals surface area contributed by atoms with Gasteiger partial charge in [0.1, 0.15) is 0 Å². The number of nitrogens with zero attached hydrogens (tertiary/aromatic N) is 2. The molecule has 38 heavy (non-hydrogen) atoms. The molecule has 0 aromatic heterocycles. The number of aliphatic hydroxyl groups is 1. The number of carbonyl (C=O) groups is 1. The number of likely N-dealkylation sites (N-methyl/N-ethyl adjacent to an activating group) is 1. The first-order valence-electron chi connectivity index (χ1n) is 12.9. The fourth-order valence-electron chi connectivity index (χ4n) is 5.37. The highest BCUT2D eigenvalue weighted by Gasteiger charge is 2.29. The molecule has 0 unspecified atom stereocenters. The number of β-amino-alcohol motifs (C(OH)–C–C–N with tert-alkyl or cyclic N) is 1. The van der Waals surface area contributed by atoms with Gasteiger partial charge < -0.3 is 10.0 Å². The molecule has 2 atom stereocenters. The minimum absolute atomic E-state index is 0.0486. The van der Waals surface area contributed by atoms with Crippen LogP contribution in [0.3, 0.4) is 0 Å². The number of anilines is 1. The predicted octanol–water partition coefficient (Wildman–Crippen LogP) is 4.22. The van der Waals surface area contributed by atoms with E-state index in [1.807, 2.05) is 55.5 Å². The third-order valence-electron chi connectivity index (χ3n) is 7.20. The standard InChI is InChI=1S/C30H37N3O4S/c1-21-16-22(2)30(23(3)17-21)38(36,37)31-27-13-9-8-12-25(27)18-29(35)32(4)28(24-10-6-5-7-11-24)20-33-15-14-26(34)19-33/h5-13,16-17,26,28,31,34H,14-15,18-20H2,1-4H3/t26-,28+/m0/s1. The third kappa shape index (κ3) is 6.43. The van der Waals surface area contributed by atoms with Gasteiger partial charge in [-0.2, -0.15) is 0 Å². The highest BCUT2D eigenvalue weighted by atomic mass is 32.2. The molecule has 1 aliphatic heterocycles. The molecule has 1 amide bonds. The van der Waals surface area contributed by atoms with Gasteiger partial charge in [0.05, 0.1) is 29.1 Å². The van der Waals surface area contributed by atoms with Gasteiger partial charge in [-0.25, -0.2) is 8.42 Å². The van der Waals surface area contributed by atoms with Crippen LogP contribution in [-0.2, 0) is 21.2 Å². The summed E-state index contributed by atoms with van der Waals surface area (Å²) in [4.78, 5) is 17.8. The van der Waals surface area contributed by atoms with Crippen molar-refractivity contribution in [1.29, 1.82) is 0 Å². The molecule has 1 fully saturated rings. The number of rotatable bonds is 9. The van der Waals surface area contributed by atoms with Crippen LogP contribution >= 0.6 is 0 Å². The predicted molar refractivity (Wildman–Crippen MR) is 151 cm³/mol. The van der Waals surface area contributed by atoms with Gasteiger partial charge in [-0.1, -0.05) is 66.2 Å². The lowest BCUT2D eigenvalue weighted by Crippen LogP contribution is -2.39. The van der Waals surface area contributed by atoms with E-state index in [0.29, 0.717) is 35.5 Å². The van der Waals surface area contributed by atoms with Crippen LogP contribution in [0.1, 0.15) is 40.3 Å². The van der Waals surface area contributed by atoms with Crippen LogP contribution in [0.4, 0.5) is 5.69 Å². The molecule has 0 saturated carbocycles. The summed E-state index contributed by atoms with van der Waals surface area (Å²) in [5.74, 6) is -0.118. The summed E-state index contributed by atoms with van der Waals surface area (Å²) in [6, 6.07) is 20.4. The number of carbonyl (C=O) groups excluding carboxylic acids is 1. The maximum absolute atomic E-state index is 13.6. The average molecular weight is 536 g/mol. The minimum Gasteiger partial charge on any atom is -0.392 e. The highest BCUT2D eigenvalue weighted by Crippen LogP contribution is 2.28. The molecule has 3 aromatic rings. The van der Waals surface area contributed by atoms with Crippen molar-refractivity contribution in [3.05, 3.63) is 94.5 Å². The van der Waals surface area contributed by atoms with Crippen LogP contribution < -0.4 is 4.72 Å². The average Bonchev–Trinajstić information content (AvgIpc) is 3.27. The number of para-hydroxylation sites is 1. The Labute approximate surface area is 226 Å². The van der Waals surface area contributed by atoms with Gasteiger partial charge in [0.2, 0.25) is 5.91 Å². The third-order valence-corrected chi connectivity index (χ3v) is 8.87. The molecule has 1 heterocycles. The number of benzene rings is 3. The first-order chi connectivity index (χ1) is 18.0. The van der Waals surface area contributed by atoms with Gasteiger partial charge in [0.15, 0.2) is 0 Å². The van der Waals surface area contributed by atoms with Gasteiger partial charge in [-0.15, -0.1) is 0 Å². The number of sulfonamides is 1. The van der Waals surface area contributed by atoms with Crippen molar-refractivity contribution < 1.29 is 18.3 Å². The minimum atomic E-state index is -3.86. The lowest BCUT2D eigenvalue weighted by atomic mass is 10.0. The molecular weight excluding hydrogens is 498 g/mol. The lowest BCUT2D eigenvalue weighted by molar-refractivity contribution is -0.131. The molecule has 0 radical (unpaired) electrons. The van der Waals surface area contributed by atoms with E-state index in [1.54, 1.807) is 44.0 Å². The zero-order valence-electron chi connectivity index (χ0n) is 22.5. The Hall–Kier alpha value is -3.20. The molecule has 2 N–H and O–H groups in total. The molecule has 202 valence electrons. The maximum Gasteiger partial charge on any atom is 0.262 e. The molecule has 0 bridgehead atoms. The molecule has 1 aliphatic rings. The monoisotopic (exact) mass is 535 g/mol. The summed E-state index contributed by atoms with van der Waals surface area (Å²) in [7, 11) is -2.07. The summed E-state index contributed by atoms with van der Waals surface area (Å²) in [6.07, 6.45) is 0.438. The SMILES string of the molecule is Cc1cc(C)c(S(=O)(=O)Nc2ccccc2CC(=O)N(C)[C@H](CN2CC[C@H](O)C2)c2ccccc2)c(C)c1. The Morgan fingerprint density at radius 3 is 2.32 bits per heavy atom. The molecule has 1 saturated heterocycles. The molecule has 8 heteroatoms. The van der Waals surface area contributed by atoms with Crippen LogP contribution in [0.15, 0.2) is 71.6 Å². The number of likely N-dealkylation sites (tertiary alicyclic amines) is 1. The van der Waals surface area contributed by atoms with Crippen LogP contribution in [0.25, 0.3) is 0 Å². The summed E-state index contributed by atoms with van der Waals surface area (Å²) < 4.78 is 29.6. The summed E-state index contributed by atoms with van der Waals surface area (Å²) in [5.41, 5.74) is 4.39. The second kappa shape index (κ2) is 11.7. The van der Waals surface area contributed by atoms with E-state index >= 15 is 0 Å². The van der Waals surface area contributed by atoms with Gasteiger partial charge in [-0.05, 0) is 55.5 Å². The first kappa shape index (κ1) is 27.8. The smallest absolute Gasteiger partial charge is 0.262 e. The van der Waals surface area contributed by atoms with Crippen molar-refractivity contribution in [2.45, 2.75) is 50.7 Å². The Bertz CT molecular complexity index is 1370. The van der Waals surface area contributed by atoms with Crippen molar-refractivity contribution in [3.63, 3.8) is 0 Å². The Balaban J connectivity index is 1.56. The van der Waals surface area contributed by atoms with E-state index in [4.69, 9.17) is 0 Å². The van der Waals surface area contributed by atoms with Crippen LogP contribution in [0.5, 0.6) is 0 Å². The Morgan fingerprint density at radius 1 is 1.05 bits per heavy atom. The molecule has 0 spiro atoms. The molecule has 0 aliphatic carbocycles. The molecule has 4 rings (SSSR count). The zero-order chi connectivity index (χ0) is 27.4. The van der Waals surface area contributed by atoms with Crippen LogP contribution in [0, 0.1) is 20.8 Å². The fourth-order valence-corrected chi connectivity index (χ4v) is 6.93. The number of amides is 1. The first-order valence-corrected chi connectivity index (χ1v) is 14.4. The van der Waals surface area contributed by atoms with E-state index in [9.17, 15) is 18.3 Å². The largest absolute Gasteiger partial charge is 0.392 e. The molecule has 3 aromatic carbocycles. The van der Waals surface area contributed by atoms with E-state index in [0.717, 1.165) is 24.1 Å². The molecular formula is C30H37N3O4S. The van der Waals surface area contributed by atoms with Crippen molar-refractivity contribution in [1.82, 2.24) is 9.80 Å². The summed E-state index contributed by atoms with van der Waals surface area (Å²) >= 11 is 0. The second-order valence-electron chi connectivity index (χ2n) is 10.3. The van der Waals surface area contributed by atoms with E-state index in [-0.39, 0.29) is 29.4 Å². The fraction of sp³-hybridized carbons (Fsp3) is 0.367. The van der Waals surface area contributed by atoms with E-state index in [2.05, 4.69) is 9.62 Å². The second-order valence-corrected chi connectivity index (χ2v) is 11.9. The van der Waals surface area contributed by atoms with E-state index < -0.39 is 10.0 Å². The number of hydrogen-bond donors (Lipinski definition) is 2. The Kier molecular flexibility index (Phi) is 8.55.